The molecule has 2 aromatic rings. The number of carbonyl (C=O) groups is 20. The van der Waals surface area contributed by atoms with Gasteiger partial charge in [-0.1, -0.05) is 84.4 Å². The number of rotatable bonds is 33. The number of nitrogens with two attached hydrogens (primary N) is 1. The Balaban J connectivity index is 2.20. The van der Waals surface area contributed by atoms with Crippen LogP contribution in [0.25, 0.3) is 10.9 Å². The van der Waals surface area contributed by atoms with Crippen LogP contribution in [0.15, 0.2) is 30.5 Å². The summed E-state index contributed by atoms with van der Waals surface area (Å²) in [5, 5.41) is 76.1. The Morgan fingerprint density at radius 1 is 0.564 bits per heavy atom. The minimum absolute atomic E-state index is 0.00357. The Morgan fingerprint density at radius 3 is 1.71 bits per heavy atom. The number of para-hydroxylation sites is 1. The highest BCUT2D eigenvalue weighted by Crippen LogP contribution is 2.21. The summed E-state index contributed by atoms with van der Waals surface area (Å²) in [4.78, 5) is 272. The van der Waals surface area contributed by atoms with Crippen LogP contribution in [0.4, 0.5) is 0 Å². The molecule has 0 bridgehead atoms. The van der Waals surface area contributed by atoms with Gasteiger partial charge in [-0.15, -0.1) is 0 Å². The van der Waals surface area contributed by atoms with Crippen LogP contribution in [-0.4, -0.2) is 247 Å². The lowest BCUT2D eigenvalue weighted by atomic mass is 9.98. The number of benzene rings is 1. The molecule has 608 valence electrons. The van der Waals surface area contributed by atoms with Crippen molar-refractivity contribution >= 4 is 129 Å². The van der Waals surface area contributed by atoms with E-state index in [0.29, 0.717) is 40.1 Å². The van der Waals surface area contributed by atoms with Crippen molar-refractivity contribution in [3.63, 3.8) is 0 Å². The zero-order valence-corrected chi connectivity index (χ0v) is 62.2. The van der Waals surface area contributed by atoms with Crippen molar-refractivity contribution < 1.29 is 126 Å². The number of carbonyl (C=O) groups excluding carboxylic acids is 15. The number of cyclic esters (lactones) is 1. The van der Waals surface area contributed by atoms with E-state index in [1.54, 1.807) is 30.5 Å². The van der Waals surface area contributed by atoms with Crippen LogP contribution < -0.4 is 69.5 Å². The van der Waals surface area contributed by atoms with Gasteiger partial charge in [0.2, 0.25) is 82.7 Å². The summed E-state index contributed by atoms with van der Waals surface area (Å²) in [5.41, 5.74) is 6.58. The first kappa shape index (κ1) is 92.4. The standard InChI is InChI=1S/C69H101N15O26/c1-9-33(3)17-13-11-12-14-20-49(86)75-43(25-38-30-71-40-19-16-15-18-39(38)40)65(105)77-41(21-23-52(89)90)62(102)81-47(29-56(97)98)67(107)83-58-37(7)110-69(109)57(34(4)10-2)82-63(103)42(22-24-53(91)92)78-66(106)44(26-48(70)85)76-50(87)31-72-61(101)45(27-54(93)94)79-60(100)36(6)74-64(104)46(28-55(95)96)80-59(99)35(5)73-51(88)32-84(8)68(58)108/h15-16,18-19,30,33-37,41-47,57-58,71H,9-14,17,20-29,31-32H2,1-8H3,(H2,70,85)(H,72,101)(H,73,88)(H,74,104)(H,75,86)(H,76,87)(H,77,105)(H,78,106)(H,79,100)(H,80,99)(H,81,102)(H,82,103)(H,83,107)(H,89,90)(H,91,92)(H,93,94)(H,95,96)(H,97,98). The first-order valence-corrected chi connectivity index (χ1v) is 35.6. The van der Waals surface area contributed by atoms with E-state index in [4.69, 9.17) is 10.5 Å². The number of fused-ring (bicyclic) bond motifs is 1. The van der Waals surface area contributed by atoms with Gasteiger partial charge in [0.15, 0.2) is 0 Å². The summed E-state index contributed by atoms with van der Waals surface area (Å²) in [6, 6.07) is -14.4. The zero-order chi connectivity index (χ0) is 82.8. The average Bonchev–Trinajstić information content (AvgIpc) is 1.60. The number of H-pyrrole nitrogens is 1. The molecular weight excluding hydrogens is 1450 g/mol. The van der Waals surface area contributed by atoms with Crippen molar-refractivity contribution in [2.24, 2.45) is 17.6 Å². The molecule has 1 aliphatic rings. The number of primary amides is 1. The number of ether oxygens (including phenoxy) is 1. The highest BCUT2D eigenvalue weighted by Gasteiger charge is 2.41. The third-order valence-corrected chi connectivity index (χ3v) is 17.8. The molecule has 14 amide bonds. The summed E-state index contributed by atoms with van der Waals surface area (Å²) in [7, 11) is 0.926. The maximum absolute atomic E-state index is 14.8. The fourth-order valence-corrected chi connectivity index (χ4v) is 11.1. The van der Waals surface area contributed by atoms with Gasteiger partial charge in [0.25, 0.3) is 0 Å². The average molecular weight is 1560 g/mol. The van der Waals surface area contributed by atoms with Crippen molar-refractivity contribution in [2.45, 2.75) is 230 Å². The second-order valence-corrected chi connectivity index (χ2v) is 26.8. The fraction of sp³-hybridized carbons (Fsp3) is 0.594. The molecule has 0 saturated carbocycles. The summed E-state index contributed by atoms with van der Waals surface area (Å²) < 4.78 is 5.74. The van der Waals surface area contributed by atoms with E-state index in [1.165, 1.54) is 13.8 Å². The Kier molecular flexibility index (Phi) is 38.4. The first-order valence-electron chi connectivity index (χ1n) is 35.6. The summed E-state index contributed by atoms with van der Waals surface area (Å²) in [6.07, 6.45) is -3.62. The van der Waals surface area contributed by atoms with Gasteiger partial charge < -0.3 is 110 Å². The molecule has 1 aromatic carbocycles. The van der Waals surface area contributed by atoms with Gasteiger partial charge in [-0.05, 0) is 63.5 Å². The van der Waals surface area contributed by atoms with E-state index >= 15 is 0 Å². The molecule has 41 heteroatoms. The third-order valence-electron chi connectivity index (χ3n) is 17.8. The smallest absolute Gasteiger partial charge is 0.329 e. The van der Waals surface area contributed by atoms with Crippen LogP contribution in [0.3, 0.4) is 0 Å². The van der Waals surface area contributed by atoms with E-state index in [1.807, 2.05) is 10.6 Å². The molecule has 1 saturated heterocycles. The monoisotopic (exact) mass is 1560 g/mol. The SMILES string of the molecule is CCC(C)CCCCCCC(=O)NC(Cc1c[nH]c2ccccc12)C(=O)NC(CCC(=O)O)C(=O)NC(CC(=O)O)C(=O)NC1C(=O)N(C)CC(=O)NC(C)C(=O)NC(CC(=O)O)C(=O)NC(C)C(=O)NC(CC(=O)O)C(=O)NCC(=O)NC(CC(N)=O)C(=O)NC(CCC(=O)O)C(=O)NC(C(C)CC)C(=O)OC1C. The predicted octanol–water partition coefficient (Wildman–Crippen LogP) is -3.94. The Hall–Kier alpha value is -11.8. The first-order chi connectivity index (χ1) is 51.6. The normalized spacial score (nSPS) is 22.0. The molecule has 1 aromatic heterocycles. The number of nitrogens with zero attached hydrogens (tertiary/aromatic N) is 1. The predicted molar refractivity (Wildman–Crippen MR) is 382 cm³/mol. The Labute approximate surface area is 631 Å². The Bertz CT molecular complexity index is 3700. The van der Waals surface area contributed by atoms with Crippen LogP contribution >= 0.6 is 0 Å². The second kappa shape index (κ2) is 45.7. The summed E-state index contributed by atoms with van der Waals surface area (Å²) in [5.74, 6) is -27.9. The number of aromatic nitrogens is 1. The number of hydrogen-bond acceptors (Lipinski definition) is 21. The number of aromatic amines is 1. The highest BCUT2D eigenvalue weighted by molar-refractivity contribution is 6.02. The minimum atomic E-state index is -2.30. The van der Waals surface area contributed by atoms with Gasteiger partial charge in [-0.25, -0.2) is 4.79 Å². The molecule has 2 heterocycles. The number of aliphatic carboxylic acids is 5. The van der Waals surface area contributed by atoms with Crippen LogP contribution in [0, 0.1) is 11.8 Å². The molecule has 110 heavy (non-hydrogen) atoms. The van der Waals surface area contributed by atoms with Gasteiger partial charge >= 0.3 is 35.8 Å². The van der Waals surface area contributed by atoms with Crippen molar-refractivity contribution in [1.29, 1.82) is 0 Å². The molecular formula is C69H101N15O26. The summed E-state index contributed by atoms with van der Waals surface area (Å²) >= 11 is 0. The molecule has 0 aliphatic carbocycles. The lowest BCUT2D eigenvalue weighted by Gasteiger charge is -2.32. The van der Waals surface area contributed by atoms with E-state index in [2.05, 4.69) is 72.0 Å². The molecule has 14 unspecified atom stereocenters. The maximum atomic E-state index is 14.8. The van der Waals surface area contributed by atoms with Crippen molar-refractivity contribution in [3.8, 4) is 0 Å². The van der Waals surface area contributed by atoms with Gasteiger partial charge in [0.1, 0.15) is 72.6 Å². The number of hydrogen-bond donors (Lipinski definition) is 19. The second-order valence-electron chi connectivity index (χ2n) is 26.8. The van der Waals surface area contributed by atoms with Crippen molar-refractivity contribution in [2.75, 3.05) is 20.1 Å². The zero-order valence-electron chi connectivity index (χ0n) is 62.2. The molecule has 0 radical (unpaired) electrons. The molecule has 20 N–H and O–H groups in total. The van der Waals surface area contributed by atoms with E-state index < -0.39 is 261 Å². The molecule has 3 rings (SSSR count). The van der Waals surface area contributed by atoms with Gasteiger partial charge in [0.05, 0.1) is 38.8 Å². The quantitative estimate of drug-likeness (QED) is 0.0240. The minimum Gasteiger partial charge on any atom is -0.481 e. The number of nitrogens with one attached hydrogen (secondary N) is 13. The number of amides is 14. The fourth-order valence-electron chi connectivity index (χ4n) is 11.1. The molecule has 1 fully saturated rings. The molecule has 14 atom stereocenters. The van der Waals surface area contributed by atoms with E-state index in [9.17, 15) is 121 Å². The van der Waals surface area contributed by atoms with Crippen molar-refractivity contribution in [1.82, 2.24) is 73.7 Å². The number of unbranched alkanes of at least 4 members (excludes halogenated alkanes) is 3. The lowest BCUT2D eigenvalue weighted by molar-refractivity contribution is -0.159. The van der Waals surface area contributed by atoms with Crippen molar-refractivity contribution in [3.05, 3.63) is 36.0 Å². The maximum Gasteiger partial charge on any atom is 0.329 e. The van der Waals surface area contributed by atoms with Crippen LogP contribution in [0.1, 0.15) is 157 Å². The summed E-state index contributed by atoms with van der Waals surface area (Å²) in [6.45, 7) is 7.86. The number of carboxylic acid groups (broad SMARTS) is 5. The van der Waals surface area contributed by atoms with E-state index in [0.717, 1.165) is 53.5 Å². The number of carboxylic acids is 5. The largest absolute Gasteiger partial charge is 0.481 e. The molecule has 1 aliphatic heterocycles. The van der Waals surface area contributed by atoms with Crippen LogP contribution in [-0.2, 0) is 107 Å². The third kappa shape index (κ3) is 32.3. The molecule has 0 spiro atoms. The van der Waals surface area contributed by atoms with E-state index in [-0.39, 0.29) is 19.3 Å². The van der Waals surface area contributed by atoms with Gasteiger partial charge in [0, 0.05) is 49.8 Å². The molecule has 41 nitrogen and oxygen atoms in total. The van der Waals surface area contributed by atoms with Gasteiger partial charge in [-0.2, -0.15) is 0 Å². The number of likely N-dealkylation sites (N-methyl/N-ethyl adjacent to an activating group) is 1. The topological polar surface area (TPSA) is 641 Å². The lowest BCUT2D eigenvalue weighted by Crippen LogP contribution is -2.61. The number of esters is 1. The Morgan fingerprint density at radius 2 is 1.12 bits per heavy atom. The van der Waals surface area contributed by atoms with Crippen LogP contribution in [0.5, 0.6) is 0 Å². The van der Waals surface area contributed by atoms with Gasteiger partial charge in [-0.3, -0.25) is 91.1 Å². The highest BCUT2D eigenvalue weighted by atomic mass is 16.5. The van der Waals surface area contributed by atoms with Crippen LogP contribution in [0.2, 0.25) is 0 Å².